The van der Waals surface area contributed by atoms with Gasteiger partial charge in [-0.25, -0.2) is 19.3 Å². The molecule has 0 fully saturated rings. The fraction of sp³-hybridized carbons (Fsp3) is 0.406. The molecule has 1 unspecified atom stereocenters. The van der Waals surface area contributed by atoms with Crippen molar-refractivity contribution >= 4 is 5.95 Å². The number of nitrogens with one attached hydrogen (secondary N) is 1. The number of hydrogen-bond acceptors (Lipinski definition) is 7. The van der Waals surface area contributed by atoms with Crippen molar-refractivity contribution < 1.29 is 13.9 Å². The summed E-state index contributed by atoms with van der Waals surface area (Å²) >= 11 is 0. The predicted octanol–water partition coefficient (Wildman–Crippen LogP) is 6.00. The smallest absolute Gasteiger partial charge is 0.223 e. The summed E-state index contributed by atoms with van der Waals surface area (Å²) in [5.41, 5.74) is 4.70. The Kier molecular flexibility index (Phi) is 9.59. The number of halogens is 1. The molecule has 2 aromatic heterocycles. The van der Waals surface area contributed by atoms with E-state index in [4.69, 9.17) is 19.4 Å². The van der Waals surface area contributed by atoms with Crippen LogP contribution in [0.2, 0.25) is 0 Å². The summed E-state index contributed by atoms with van der Waals surface area (Å²) in [4.78, 5) is 16.9. The number of nitrogens with zero attached hydrogens (tertiary/aromatic N) is 5. The maximum absolute atomic E-state index is 13.8. The lowest BCUT2D eigenvalue weighted by Gasteiger charge is -2.27. The van der Waals surface area contributed by atoms with Crippen LogP contribution >= 0.6 is 0 Å². The second-order valence-corrected chi connectivity index (χ2v) is 10.4. The van der Waals surface area contributed by atoms with Gasteiger partial charge in [0.15, 0.2) is 0 Å². The molecule has 9 heteroatoms. The van der Waals surface area contributed by atoms with Gasteiger partial charge in [0.2, 0.25) is 5.95 Å². The molecule has 216 valence electrons. The average molecular weight is 559 g/mol. The van der Waals surface area contributed by atoms with Crippen LogP contribution in [0.3, 0.4) is 0 Å². The van der Waals surface area contributed by atoms with Gasteiger partial charge in [0.1, 0.15) is 17.4 Å². The van der Waals surface area contributed by atoms with Crippen LogP contribution in [0, 0.1) is 5.82 Å². The second kappa shape index (κ2) is 13.7. The summed E-state index contributed by atoms with van der Waals surface area (Å²) in [6.45, 7) is 6.23. The SMILES string of the molecule is CCCNc1nccc(-c2c(-c3ccc(F)cc3)nc3n2C(CN(CCCOC)Cc2ccc(OC)cc2)CC3)n1. The molecule has 0 radical (unpaired) electrons. The molecule has 0 bridgehead atoms. The van der Waals surface area contributed by atoms with Crippen molar-refractivity contribution in [2.45, 2.75) is 45.2 Å². The number of hydrogen-bond donors (Lipinski definition) is 1. The molecule has 1 atom stereocenters. The quantitative estimate of drug-likeness (QED) is 0.190. The molecule has 0 saturated carbocycles. The topological polar surface area (TPSA) is 77.3 Å². The Morgan fingerprint density at radius 3 is 2.59 bits per heavy atom. The summed E-state index contributed by atoms with van der Waals surface area (Å²) in [5.74, 6) is 2.22. The van der Waals surface area contributed by atoms with Crippen molar-refractivity contribution in [3.63, 3.8) is 0 Å². The number of aromatic nitrogens is 4. The van der Waals surface area contributed by atoms with Gasteiger partial charge in [0.05, 0.1) is 24.2 Å². The molecule has 1 N–H and O–H groups in total. The molecule has 1 aliphatic heterocycles. The zero-order valence-corrected chi connectivity index (χ0v) is 24.1. The first kappa shape index (κ1) is 28.7. The van der Waals surface area contributed by atoms with Gasteiger partial charge in [-0.15, -0.1) is 0 Å². The minimum Gasteiger partial charge on any atom is -0.497 e. The number of methoxy groups -OCH3 is 2. The summed E-state index contributed by atoms with van der Waals surface area (Å²) in [7, 11) is 3.43. The summed E-state index contributed by atoms with van der Waals surface area (Å²) in [6, 6.07) is 17.0. The van der Waals surface area contributed by atoms with Crippen molar-refractivity contribution in [1.29, 1.82) is 0 Å². The molecule has 0 amide bonds. The van der Waals surface area contributed by atoms with E-state index in [1.54, 1.807) is 32.5 Å². The highest BCUT2D eigenvalue weighted by atomic mass is 19.1. The number of anilines is 1. The lowest BCUT2D eigenvalue weighted by Crippen LogP contribution is -2.31. The monoisotopic (exact) mass is 558 g/mol. The fourth-order valence-corrected chi connectivity index (χ4v) is 5.47. The van der Waals surface area contributed by atoms with E-state index in [1.165, 1.54) is 17.7 Å². The fourth-order valence-electron chi connectivity index (χ4n) is 5.47. The van der Waals surface area contributed by atoms with E-state index in [2.05, 4.69) is 38.8 Å². The van der Waals surface area contributed by atoms with Crippen LogP contribution in [0.15, 0.2) is 60.8 Å². The molecule has 5 rings (SSSR count). The number of ether oxygens (including phenoxy) is 2. The maximum Gasteiger partial charge on any atom is 0.223 e. The van der Waals surface area contributed by atoms with E-state index in [0.717, 1.165) is 86.1 Å². The zero-order valence-electron chi connectivity index (χ0n) is 24.1. The third-order valence-electron chi connectivity index (χ3n) is 7.46. The Hall–Kier alpha value is -3.82. The Morgan fingerprint density at radius 2 is 1.85 bits per heavy atom. The first-order valence-corrected chi connectivity index (χ1v) is 14.4. The molecule has 0 aliphatic carbocycles. The third kappa shape index (κ3) is 6.92. The van der Waals surface area contributed by atoms with Crippen molar-refractivity contribution in [3.8, 4) is 28.4 Å². The second-order valence-electron chi connectivity index (χ2n) is 10.4. The van der Waals surface area contributed by atoms with E-state index in [-0.39, 0.29) is 11.9 Å². The van der Waals surface area contributed by atoms with Gasteiger partial charge >= 0.3 is 0 Å². The van der Waals surface area contributed by atoms with Crippen molar-refractivity contribution in [2.75, 3.05) is 45.8 Å². The molecule has 2 aromatic carbocycles. The molecule has 4 aromatic rings. The molecule has 41 heavy (non-hydrogen) atoms. The Bertz CT molecular complexity index is 1410. The van der Waals surface area contributed by atoms with E-state index in [9.17, 15) is 4.39 Å². The molecule has 8 nitrogen and oxygen atoms in total. The Balaban J connectivity index is 1.50. The van der Waals surface area contributed by atoms with Crippen LogP contribution in [-0.4, -0.2) is 64.9 Å². The predicted molar refractivity (Wildman–Crippen MR) is 160 cm³/mol. The van der Waals surface area contributed by atoms with Crippen LogP contribution < -0.4 is 10.1 Å². The minimum atomic E-state index is -0.266. The average Bonchev–Trinajstić information content (AvgIpc) is 3.57. The van der Waals surface area contributed by atoms with Crippen LogP contribution in [-0.2, 0) is 17.7 Å². The number of aryl methyl sites for hydroxylation is 1. The Labute approximate surface area is 241 Å². The van der Waals surface area contributed by atoms with Crippen LogP contribution in [0.5, 0.6) is 5.75 Å². The summed E-state index contributed by atoms with van der Waals surface area (Å²) in [5, 5.41) is 3.31. The number of rotatable bonds is 14. The molecule has 0 saturated heterocycles. The highest BCUT2D eigenvalue weighted by molar-refractivity contribution is 5.78. The zero-order chi connectivity index (χ0) is 28.6. The third-order valence-corrected chi connectivity index (χ3v) is 7.46. The maximum atomic E-state index is 13.8. The van der Waals surface area contributed by atoms with Crippen LogP contribution in [0.25, 0.3) is 22.6 Å². The standard InChI is InChI=1S/C32H39FN6O2/c1-4-17-34-32-35-18-16-28(36-32)31-30(24-8-10-25(33)11-9-24)37-29-15-12-26(39(29)31)22-38(19-5-20-40-2)21-23-6-13-27(41-3)14-7-23/h6-11,13-14,16,18,26H,4-5,12,15,17,19-22H2,1-3H3,(H,34,35,36). The van der Waals surface area contributed by atoms with Crippen LogP contribution in [0.4, 0.5) is 10.3 Å². The highest BCUT2D eigenvalue weighted by Gasteiger charge is 2.32. The van der Waals surface area contributed by atoms with Crippen molar-refractivity contribution in [1.82, 2.24) is 24.4 Å². The molecule has 3 heterocycles. The van der Waals surface area contributed by atoms with Gasteiger partial charge in [-0.2, -0.15) is 0 Å². The number of fused-ring (bicyclic) bond motifs is 1. The van der Waals surface area contributed by atoms with Gasteiger partial charge in [-0.1, -0.05) is 19.1 Å². The van der Waals surface area contributed by atoms with Gasteiger partial charge in [0.25, 0.3) is 0 Å². The van der Waals surface area contributed by atoms with Crippen LogP contribution in [0.1, 0.15) is 43.6 Å². The molecule has 0 spiro atoms. The van der Waals surface area contributed by atoms with E-state index >= 15 is 0 Å². The van der Waals surface area contributed by atoms with Gasteiger partial charge < -0.3 is 19.4 Å². The molecular formula is C32H39FN6O2. The van der Waals surface area contributed by atoms with E-state index < -0.39 is 0 Å². The first-order chi connectivity index (χ1) is 20.1. The Morgan fingerprint density at radius 1 is 1.05 bits per heavy atom. The lowest BCUT2D eigenvalue weighted by atomic mass is 10.1. The van der Waals surface area contributed by atoms with E-state index in [0.29, 0.717) is 12.6 Å². The molecule has 1 aliphatic rings. The van der Waals surface area contributed by atoms with E-state index in [1.807, 2.05) is 18.2 Å². The highest BCUT2D eigenvalue weighted by Crippen LogP contribution is 2.39. The summed E-state index contributed by atoms with van der Waals surface area (Å²) in [6.07, 6.45) is 5.58. The van der Waals surface area contributed by atoms with Gasteiger partial charge in [0, 0.05) is 64.1 Å². The van der Waals surface area contributed by atoms with Crippen molar-refractivity contribution in [2.24, 2.45) is 0 Å². The number of imidazole rings is 1. The normalized spacial score (nSPS) is 14.4. The molecular weight excluding hydrogens is 519 g/mol. The largest absolute Gasteiger partial charge is 0.497 e. The summed E-state index contributed by atoms with van der Waals surface area (Å²) < 4.78 is 26.9. The number of benzene rings is 2. The van der Waals surface area contributed by atoms with Crippen molar-refractivity contribution in [3.05, 3.63) is 78.0 Å². The van der Waals surface area contributed by atoms with Gasteiger partial charge in [-0.05, 0) is 67.3 Å². The van der Waals surface area contributed by atoms with Gasteiger partial charge in [-0.3, -0.25) is 4.90 Å². The first-order valence-electron chi connectivity index (χ1n) is 14.4. The minimum absolute atomic E-state index is 0.213. The lowest BCUT2D eigenvalue weighted by molar-refractivity contribution is 0.161.